The van der Waals surface area contributed by atoms with Gasteiger partial charge in [-0.25, -0.2) is 8.42 Å². The van der Waals surface area contributed by atoms with E-state index in [4.69, 9.17) is 9.47 Å². The maximum Gasteiger partial charge on any atom is 0.264 e. The summed E-state index contributed by atoms with van der Waals surface area (Å²) in [6, 6.07) is 20.8. The largest absolute Gasteiger partial charge is 0.497 e. The first kappa shape index (κ1) is 30.5. The van der Waals surface area contributed by atoms with Crippen LogP contribution in [0.5, 0.6) is 11.5 Å². The molecule has 40 heavy (non-hydrogen) atoms. The van der Waals surface area contributed by atoms with E-state index in [1.165, 1.54) is 24.1 Å². The van der Waals surface area contributed by atoms with Crippen LogP contribution in [0.3, 0.4) is 0 Å². The van der Waals surface area contributed by atoms with Gasteiger partial charge in [0.15, 0.2) is 0 Å². The normalized spacial score (nSPS) is 11.8. The number of sulfonamides is 1. The van der Waals surface area contributed by atoms with Crippen molar-refractivity contribution in [2.75, 3.05) is 31.6 Å². The van der Waals surface area contributed by atoms with Crippen LogP contribution in [0.15, 0.2) is 83.8 Å². The van der Waals surface area contributed by atoms with Crippen molar-refractivity contribution in [2.24, 2.45) is 0 Å². The zero-order valence-corrected chi connectivity index (χ0v) is 24.2. The molecule has 0 aliphatic heterocycles. The van der Waals surface area contributed by atoms with E-state index in [9.17, 15) is 18.0 Å². The molecule has 1 atom stereocenters. The van der Waals surface area contributed by atoms with Crippen LogP contribution in [0.4, 0.5) is 5.69 Å². The molecule has 0 spiro atoms. The van der Waals surface area contributed by atoms with Gasteiger partial charge >= 0.3 is 0 Å². The summed E-state index contributed by atoms with van der Waals surface area (Å²) in [4.78, 5) is 28.7. The van der Waals surface area contributed by atoms with Crippen LogP contribution in [0.2, 0.25) is 0 Å². The van der Waals surface area contributed by atoms with Crippen molar-refractivity contribution in [3.63, 3.8) is 0 Å². The minimum Gasteiger partial charge on any atom is -0.497 e. The Hall–Kier alpha value is -4.05. The minimum absolute atomic E-state index is 0.0491. The summed E-state index contributed by atoms with van der Waals surface area (Å²) in [5.41, 5.74) is 1.07. The van der Waals surface area contributed by atoms with Gasteiger partial charge in [-0.3, -0.25) is 13.9 Å². The molecule has 0 saturated carbocycles. The van der Waals surface area contributed by atoms with Crippen LogP contribution < -0.4 is 19.1 Å². The Morgan fingerprint density at radius 1 is 0.850 bits per heavy atom. The van der Waals surface area contributed by atoms with Crippen molar-refractivity contribution in [3.05, 3.63) is 84.4 Å². The molecule has 0 fully saturated rings. The Balaban J connectivity index is 2.03. The van der Waals surface area contributed by atoms with Gasteiger partial charge in [-0.1, -0.05) is 44.2 Å². The monoisotopic (exact) mass is 567 g/mol. The van der Waals surface area contributed by atoms with Gasteiger partial charge in [-0.15, -0.1) is 0 Å². The number of rotatable bonds is 14. The second kappa shape index (κ2) is 14.4. The van der Waals surface area contributed by atoms with Gasteiger partial charge in [-0.2, -0.15) is 0 Å². The number of nitrogens with zero attached hydrogens (tertiary/aromatic N) is 2. The lowest BCUT2D eigenvalue weighted by Crippen LogP contribution is -2.52. The van der Waals surface area contributed by atoms with E-state index in [-0.39, 0.29) is 17.3 Å². The zero-order chi connectivity index (χ0) is 29.1. The highest BCUT2D eigenvalue weighted by molar-refractivity contribution is 7.92. The fourth-order valence-corrected chi connectivity index (χ4v) is 5.65. The van der Waals surface area contributed by atoms with Gasteiger partial charge in [0.2, 0.25) is 11.8 Å². The van der Waals surface area contributed by atoms with Crippen LogP contribution in [-0.2, 0) is 26.2 Å². The predicted molar refractivity (Wildman–Crippen MR) is 155 cm³/mol. The number of hydrogen-bond acceptors (Lipinski definition) is 6. The van der Waals surface area contributed by atoms with E-state index in [1.807, 2.05) is 26.0 Å². The number of benzene rings is 3. The van der Waals surface area contributed by atoms with E-state index < -0.39 is 28.5 Å². The number of hydrogen-bond donors (Lipinski definition) is 1. The average Bonchev–Trinajstić information content (AvgIpc) is 2.99. The molecule has 9 nitrogen and oxygen atoms in total. The van der Waals surface area contributed by atoms with Gasteiger partial charge in [0, 0.05) is 13.1 Å². The Morgan fingerprint density at radius 3 is 1.95 bits per heavy atom. The molecule has 0 aliphatic rings. The molecule has 0 heterocycles. The summed E-state index contributed by atoms with van der Waals surface area (Å²) in [5.74, 6) is 0.415. The zero-order valence-electron chi connectivity index (χ0n) is 23.4. The molecule has 0 aromatic heterocycles. The summed E-state index contributed by atoms with van der Waals surface area (Å²) in [6.07, 6.45) is 1.10. The lowest BCUT2D eigenvalue weighted by atomic mass is 10.1. The number of carbonyl (C=O) groups is 2. The minimum atomic E-state index is -4.12. The summed E-state index contributed by atoms with van der Waals surface area (Å²) in [5, 5.41) is 2.88. The standard InChI is InChI=1S/C30H37N3O6S/c1-5-20-31-30(35)28(6-2)32(21-23-12-16-25(38-3)17-13-23)29(34)22-33(24-14-18-26(39-4)19-15-24)40(36,37)27-10-8-7-9-11-27/h7-19,28H,5-6,20-22H2,1-4H3,(H,31,35)/t28-/m0/s1. The second-order valence-electron chi connectivity index (χ2n) is 9.11. The lowest BCUT2D eigenvalue weighted by molar-refractivity contribution is -0.140. The van der Waals surface area contributed by atoms with Gasteiger partial charge in [0.05, 0.1) is 24.8 Å². The van der Waals surface area contributed by atoms with Crippen molar-refractivity contribution < 1.29 is 27.5 Å². The van der Waals surface area contributed by atoms with Crippen LogP contribution >= 0.6 is 0 Å². The first-order valence-electron chi connectivity index (χ1n) is 13.2. The average molecular weight is 568 g/mol. The summed E-state index contributed by atoms with van der Waals surface area (Å²) >= 11 is 0. The highest BCUT2D eigenvalue weighted by Crippen LogP contribution is 2.27. The van der Waals surface area contributed by atoms with Gasteiger partial charge < -0.3 is 19.7 Å². The van der Waals surface area contributed by atoms with Gasteiger partial charge in [-0.05, 0) is 66.9 Å². The number of carbonyl (C=O) groups excluding carboxylic acids is 2. The Bertz CT molecular complexity index is 1350. The first-order valence-corrected chi connectivity index (χ1v) is 14.6. The van der Waals surface area contributed by atoms with Gasteiger partial charge in [0.1, 0.15) is 24.1 Å². The number of methoxy groups -OCH3 is 2. The number of anilines is 1. The molecule has 2 amide bonds. The lowest BCUT2D eigenvalue weighted by Gasteiger charge is -2.33. The van der Waals surface area contributed by atoms with E-state index in [0.717, 1.165) is 16.3 Å². The summed E-state index contributed by atoms with van der Waals surface area (Å²) in [7, 11) is -1.04. The van der Waals surface area contributed by atoms with E-state index in [0.29, 0.717) is 30.2 Å². The van der Waals surface area contributed by atoms with Gasteiger partial charge in [0.25, 0.3) is 10.0 Å². The Kier molecular flexibility index (Phi) is 11.0. The number of amides is 2. The molecule has 3 rings (SSSR count). The topological polar surface area (TPSA) is 105 Å². The molecule has 1 N–H and O–H groups in total. The second-order valence-corrected chi connectivity index (χ2v) is 11.0. The molecular weight excluding hydrogens is 530 g/mol. The summed E-state index contributed by atoms with van der Waals surface area (Å²) in [6.45, 7) is 3.86. The molecule has 3 aromatic rings. The third kappa shape index (κ3) is 7.53. The third-order valence-corrected chi connectivity index (χ3v) is 8.21. The quantitative estimate of drug-likeness (QED) is 0.313. The highest BCUT2D eigenvalue weighted by atomic mass is 32.2. The van der Waals surface area contributed by atoms with Crippen molar-refractivity contribution in [1.29, 1.82) is 0 Å². The maximum absolute atomic E-state index is 14.0. The summed E-state index contributed by atoms with van der Waals surface area (Å²) < 4.78 is 39.2. The fraction of sp³-hybridized carbons (Fsp3) is 0.333. The van der Waals surface area contributed by atoms with Crippen molar-refractivity contribution in [1.82, 2.24) is 10.2 Å². The van der Waals surface area contributed by atoms with Crippen molar-refractivity contribution in [3.8, 4) is 11.5 Å². The fourth-order valence-electron chi connectivity index (χ4n) is 4.21. The van der Waals surface area contributed by atoms with Crippen LogP contribution in [-0.4, -0.2) is 58.5 Å². The maximum atomic E-state index is 14.0. The van der Waals surface area contributed by atoms with Crippen LogP contribution in [0, 0.1) is 0 Å². The predicted octanol–water partition coefficient (Wildman–Crippen LogP) is 4.23. The van der Waals surface area contributed by atoms with Crippen molar-refractivity contribution in [2.45, 2.75) is 44.2 Å². The molecule has 0 unspecified atom stereocenters. The highest BCUT2D eigenvalue weighted by Gasteiger charge is 2.33. The molecule has 0 aliphatic carbocycles. The van der Waals surface area contributed by atoms with E-state index >= 15 is 0 Å². The molecule has 3 aromatic carbocycles. The molecule has 0 saturated heterocycles. The van der Waals surface area contributed by atoms with Crippen LogP contribution in [0.1, 0.15) is 32.3 Å². The Labute approximate surface area is 236 Å². The molecule has 0 bridgehead atoms. The molecular formula is C30H37N3O6S. The molecule has 214 valence electrons. The van der Waals surface area contributed by atoms with E-state index in [2.05, 4.69) is 5.32 Å². The number of ether oxygens (including phenoxy) is 2. The smallest absolute Gasteiger partial charge is 0.264 e. The SMILES string of the molecule is CCCNC(=O)[C@H](CC)N(Cc1ccc(OC)cc1)C(=O)CN(c1ccc(OC)cc1)S(=O)(=O)c1ccccc1. The Morgan fingerprint density at radius 2 is 1.43 bits per heavy atom. The van der Waals surface area contributed by atoms with Crippen LogP contribution in [0.25, 0.3) is 0 Å². The molecule has 10 heteroatoms. The van der Waals surface area contributed by atoms with E-state index in [1.54, 1.807) is 61.7 Å². The molecule has 0 radical (unpaired) electrons. The third-order valence-electron chi connectivity index (χ3n) is 6.42. The first-order chi connectivity index (χ1) is 19.2. The number of nitrogens with one attached hydrogen (secondary N) is 1. The van der Waals surface area contributed by atoms with Crippen molar-refractivity contribution >= 4 is 27.5 Å².